The highest BCUT2D eigenvalue weighted by Gasteiger charge is 2.21. The summed E-state index contributed by atoms with van der Waals surface area (Å²) in [6.07, 6.45) is -0.498. The molecule has 1 aromatic rings. The van der Waals surface area contributed by atoms with E-state index < -0.39 is 6.10 Å². The lowest BCUT2D eigenvalue weighted by atomic mass is 9.98. The summed E-state index contributed by atoms with van der Waals surface area (Å²) in [7, 11) is 5.07. The first kappa shape index (κ1) is 13.8. The van der Waals surface area contributed by atoms with Gasteiger partial charge in [0.25, 0.3) is 0 Å². The normalized spacial score (nSPS) is 14.2. The molecule has 2 atom stereocenters. The van der Waals surface area contributed by atoms with E-state index in [1.165, 1.54) is 0 Å². The third-order valence-electron chi connectivity index (χ3n) is 2.94. The maximum atomic E-state index is 9.75. The van der Waals surface area contributed by atoms with Gasteiger partial charge in [0.2, 0.25) is 0 Å². The summed E-state index contributed by atoms with van der Waals surface area (Å²) in [5, 5.41) is 12.8. The van der Waals surface area contributed by atoms with Gasteiger partial charge in [0, 0.05) is 11.1 Å². The molecular formula is C13H21NO3. The Bertz CT molecular complexity index is 377. The molecule has 0 aliphatic rings. The van der Waals surface area contributed by atoms with E-state index in [9.17, 15) is 5.11 Å². The van der Waals surface area contributed by atoms with Crippen molar-refractivity contribution < 1.29 is 14.6 Å². The lowest BCUT2D eigenvalue weighted by Crippen LogP contribution is -2.27. The van der Waals surface area contributed by atoms with Crippen LogP contribution in [-0.4, -0.2) is 32.5 Å². The van der Waals surface area contributed by atoms with Gasteiger partial charge >= 0.3 is 0 Å². The van der Waals surface area contributed by atoms with Crippen molar-refractivity contribution in [3.05, 3.63) is 23.3 Å². The molecule has 17 heavy (non-hydrogen) atoms. The lowest BCUT2D eigenvalue weighted by Gasteiger charge is -2.23. The average molecular weight is 239 g/mol. The van der Waals surface area contributed by atoms with Crippen LogP contribution in [0.1, 0.15) is 24.1 Å². The standard InChI is InChI=1S/C13H21NO3/c1-8-11(16-4)7-6-10(13(8)17-5)12(14-3)9(2)15/h6-7,9,12,14-15H,1-5H3. The summed E-state index contributed by atoms with van der Waals surface area (Å²) in [5.41, 5.74) is 1.87. The number of hydrogen-bond donors (Lipinski definition) is 2. The molecule has 4 nitrogen and oxygen atoms in total. The number of aliphatic hydroxyl groups excluding tert-OH is 1. The number of ether oxygens (including phenoxy) is 2. The Kier molecular flexibility index (Phi) is 4.78. The minimum absolute atomic E-state index is 0.158. The number of rotatable bonds is 5. The van der Waals surface area contributed by atoms with E-state index in [2.05, 4.69) is 5.32 Å². The van der Waals surface area contributed by atoms with E-state index in [-0.39, 0.29) is 6.04 Å². The van der Waals surface area contributed by atoms with Gasteiger partial charge in [-0.2, -0.15) is 0 Å². The molecule has 0 saturated heterocycles. The van der Waals surface area contributed by atoms with E-state index in [0.717, 1.165) is 22.6 Å². The summed E-state index contributed by atoms with van der Waals surface area (Å²) < 4.78 is 10.7. The molecule has 4 heteroatoms. The molecule has 0 spiro atoms. The summed E-state index contributed by atoms with van der Waals surface area (Å²) in [6.45, 7) is 3.69. The van der Waals surface area contributed by atoms with Gasteiger partial charge in [0.1, 0.15) is 11.5 Å². The van der Waals surface area contributed by atoms with Crippen LogP contribution in [0.2, 0.25) is 0 Å². The molecule has 0 aliphatic heterocycles. The van der Waals surface area contributed by atoms with Crippen molar-refractivity contribution in [3.8, 4) is 11.5 Å². The summed E-state index contributed by atoms with van der Waals surface area (Å²) in [5.74, 6) is 1.54. The molecule has 2 unspecified atom stereocenters. The number of benzene rings is 1. The molecule has 0 aliphatic carbocycles. The second-order valence-electron chi connectivity index (χ2n) is 4.02. The van der Waals surface area contributed by atoms with Crippen molar-refractivity contribution in [2.45, 2.75) is 26.0 Å². The third kappa shape index (κ3) is 2.70. The Hall–Kier alpha value is -1.26. The van der Waals surface area contributed by atoms with Crippen LogP contribution in [0.25, 0.3) is 0 Å². The van der Waals surface area contributed by atoms with E-state index in [4.69, 9.17) is 9.47 Å². The van der Waals surface area contributed by atoms with Crippen molar-refractivity contribution in [1.82, 2.24) is 5.32 Å². The maximum absolute atomic E-state index is 9.75. The number of methoxy groups -OCH3 is 2. The first-order valence-corrected chi connectivity index (χ1v) is 5.63. The Morgan fingerprint density at radius 1 is 1.24 bits per heavy atom. The zero-order valence-electron chi connectivity index (χ0n) is 11.1. The van der Waals surface area contributed by atoms with Crippen molar-refractivity contribution >= 4 is 0 Å². The third-order valence-corrected chi connectivity index (χ3v) is 2.94. The number of hydrogen-bond acceptors (Lipinski definition) is 4. The quantitative estimate of drug-likeness (QED) is 0.820. The van der Waals surface area contributed by atoms with Gasteiger partial charge < -0.3 is 19.9 Å². The van der Waals surface area contributed by atoms with Crippen LogP contribution < -0.4 is 14.8 Å². The fraction of sp³-hybridized carbons (Fsp3) is 0.538. The average Bonchev–Trinajstić information content (AvgIpc) is 2.30. The molecule has 96 valence electrons. The molecular weight excluding hydrogens is 218 g/mol. The molecule has 0 aromatic heterocycles. The Morgan fingerprint density at radius 3 is 2.29 bits per heavy atom. The first-order valence-electron chi connectivity index (χ1n) is 5.63. The van der Waals surface area contributed by atoms with E-state index >= 15 is 0 Å². The van der Waals surface area contributed by atoms with Crippen LogP contribution in [0.3, 0.4) is 0 Å². The Morgan fingerprint density at radius 2 is 1.88 bits per heavy atom. The summed E-state index contributed by atoms with van der Waals surface area (Å²) >= 11 is 0. The Labute approximate surface area is 103 Å². The van der Waals surface area contributed by atoms with Crippen LogP contribution in [0.5, 0.6) is 11.5 Å². The molecule has 0 amide bonds. The number of aliphatic hydroxyl groups is 1. The smallest absolute Gasteiger partial charge is 0.130 e. The second-order valence-corrected chi connectivity index (χ2v) is 4.02. The van der Waals surface area contributed by atoms with Gasteiger partial charge in [0.05, 0.1) is 26.4 Å². The predicted molar refractivity (Wildman–Crippen MR) is 67.8 cm³/mol. The molecule has 2 N–H and O–H groups in total. The molecule has 0 fully saturated rings. The highest BCUT2D eigenvalue weighted by atomic mass is 16.5. The van der Waals surface area contributed by atoms with Gasteiger partial charge in [-0.05, 0) is 33.0 Å². The SMILES string of the molecule is CNC(c1ccc(OC)c(C)c1OC)C(C)O. The second kappa shape index (κ2) is 5.89. The van der Waals surface area contributed by atoms with Crippen LogP contribution in [0.4, 0.5) is 0 Å². The summed E-state index contributed by atoms with van der Waals surface area (Å²) in [4.78, 5) is 0. The van der Waals surface area contributed by atoms with Crippen LogP contribution in [0.15, 0.2) is 12.1 Å². The van der Waals surface area contributed by atoms with Crippen LogP contribution in [0, 0.1) is 6.92 Å². The van der Waals surface area contributed by atoms with E-state index in [1.54, 1.807) is 21.1 Å². The molecule has 0 bridgehead atoms. The van der Waals surface area contributed by atoms with E-state index in [1.807, 2.05) is 26.1 Å². The van der Waals surface area contributed by atoms with Gasteiger partial charge in [0.15, 0.2) is 0 Å². The largest absolute Gasteiger partial charge is 0.496 e. The van der Waals surface area contributed by atoms with Crippen LogP contribution in [-0.2, 0) is 0 Å². The highest BCUT2D eigenvalue weighted by molar-refractivity contribution is 5.50. The monoisotopic (exact) mass is 239 g/mol. The summed E-state index contributed by atoms with van der Waals surface area (Å²) in [6, 6.07) is 3.65. The first-order chi connectivity index (χ1) is 8.06. The zero-order chi connectivity index (χ0) is 13.0. The molecule has 0 heterocycles. The molecule has 0 radical (unpaired) electrons. The number of likely N-dealkylation sites (N-methyl/N-ethyl adjacent to an activating group) is 1. The van der Waals surface area contributed by atoms with Gasteiger partial charge in [-0.3, -0.25) is 0 Å². The Balaban J connectivity index is 3.29. The van der Waals surface area contributed by atoms with Crippen molar-refractivity contribution in [2.24, 2.45) is 0 Å². The van der Waals surface area contributed by atoms with E-state index in [0.29, 0.717) is 0 Å². The van der Waals surface area contributed by atoms with Gasteiger partial charge in [-0.1, -0.05) is 0 Å². The zero-order valence-corrected chi connectivity index (χ0v) is 11.1. The fourth-order valence-corrected chi connectivity index (χ4v) is 2.09. The molecule has 1 aromatic carbocycles. The minimum atomic E-state index is -0.498. The highest BCUT2D eigenvalue weighted by Crippen LogP contribution is 2.35. The fourth-order valence-electron chi connectivity index (χ4n) is 2.09. The lowest BCUT2D eigenvalue weighted by molar-refractivity contribution is 0.148. The van der Waals surface area contributed by atoms with Gasteiger partial charge in [-0.15, -0.1) is 0 Å². The van der Waals surface area contributed by atoms with Crippen molar-refractivity contribution in [2.75, 3.05) is 21.3 Å². The van der Waals surface area contributed by atoms with Gasteiger partial charge in [-0.25, -0.2) is 0 Å². The van der Waals surface area contributed by atoms with Crippen LogP contribution >= 0.6 is 0 Å². The molecule has 1 rings (SSSR count). The van der Waals surface area contributed by atoms with Crippen molar-refractivity contribution in [3.63, 3.8) is 0 Å². The van der Waals surface area contributed by atoms with Crippen molar-refractivity contribution in [1.29, 1.82) is 0 Å². The maximum Gasteiger partial charge on any atom is 0.130 e. The minimum Gasteiger partial charge on any atom is -0.496 e. The number of nitrogens with one attached hydrogen (secondary N) is 1. The molecule has 0 saturated carbocycles. The topological polar surface area (TPSA) is 50.7 Å². The predicted octanol–water partition coefficient (Wildman–Crippen LogP) is 1.65.